The Bertz CT molecular complexity index is 169. The number of guanidine groups is 1. The van der Waals surface area contributed by atoms with Gasteiger partial charge in [-0.3, -0.25) is 10.7 Å². The summed E-state index contributed by atoms with van der Waals surface area (Å²) in [4.78, 5) is 2.88. The van der Waals surface area contributed by atoms with Crippen molar-refractivity contribution in [1.82, 2.24) is 5.32 Å². The Balaban J connectivity index is 4.06. The average Bonchev–Trinajstić information content (AvgIpc) is 1.59. The van der Waals surface area contributed by atoms with Crippen LogP contribution in [0.1, 0.15) is 20.8 Å². The van der Waals surface area contributed by atoms with Crippen molar-refractivity contribution in [3.05, 3.63) is 0 Å². The van der Waals surface area contributed by atoms with Crippen LogP contribution in [0.15, 0.2) is 0 Å². The quantitative estimate of drug-likeness (QED) is 0.162. The largest absolute Gasteiger partial charge is 0.355 e. The summed E-state index contributed by atoms with van der Waals surface area (Å²) >= 11 is 0. The molecular weight excluding hydrogens is 128 g/mol. The summed E-state index contributed by atoms with van der Waals surface area (Å²) in [5.41, 5.74) is 5.24. The molecule has 10 heavy (non-hydrogen) atoms. The highest BCUT2D eigenvalue weighted by molar-refractivity contribution is 5.73. The molecule has 4 N–H and O–H groups in total. The van der Waals surface area contributed by atoms with Gasteiger partial charge in [0.2, 0.25) is 0 Å². The van der Waals surface area contributed by atoms with Gasteiger partial charge in [-0.25, -0.2) is 0 Å². The first kappa shape index (κ1) is 8.76. The normalized spacial score (nSPS) is 12.4. The number of nitrogens with one attached hydrogen (secondary N) is 2. The summed E-state index contributed by atoms with van der Waals surface area (Å²) in [5.74, 6) is 0.287. The Morgan fingerprint density at radius 2 is 2.10 bits per heavy atom. The van der Waals surface area contributed by atoms with Crippen LogP contribution < -0.4 is 16.0 Å². The molecule has 0 saturated heterocycles. The van der Waals surface area contributed by atoms with Crippen LogP contribution in [0, 0.1) is 11.5 Å². The minimum Gasteiger partial charge on any atom is -0.290 e. The number of nitrogens with two attached hydrogens (primary N) is 1. The predicted octanol–water partition coefficient (Wildman–Crippen LogP) is -1.75. The second-order valence-corrected chi connectivity index (χ2v) is 3.03. The molecule has 0 unspecified atom stereocenters. The van der Waals surface area contributed by atoms with Gasteiger partial charge >= 0.3 is 5.96 Å². The van der Waals surface area contributed by atoms with Crippen LogP contribution in [0.3, 0.4) is 0 Å². The molecule has 4 nitrogen and oxygen atoms in total. The topological polar surface area (TPSA) is 75.8 Å². The molecule has 0 aliphatic carbocycles. The van der Waals surface area contributed by atoms with Gasteiger partial charge in [-0.05, 0) is 20.8 Å². The predicted molar refractivity (Wildman–Crippen MR) is 38.7 cm³/mol. The Morgan fingerprint density at radius 1 is 1.60 bits per heavy atom. The van der Waals surface area contributed by atoms with E-state index < -0.39 is 0 Å². The minimum absolute atomic E-state index is 0.103. The fraction of sp³-hybridized carbons (Fsp3) is 0.667. The highest BCUT2D eigenvalue weighted by Gasteiger charge is 2.10. The molecule has 0 bridgehead atoms. The van der Waals surface area contributed by atoms with Crippen molar-refractivity contribution >= 4 is 5.96 Å². The van der Waals surface area contributed by atoms with Gasteiger partial charge in [0.25, 0.3) is 6.19 Å². The van der Waals surface area contributed by atoms with Crippen LogP contribution in [0.4, 0.5) is 0 Å². The number of hydrogen-bond acceptors (Lipinski definition) is 1. The highest BCUT2D eigenvalue weighted by atomic mass is 15.1. The van der Waals surface area contributed by atoms with Crippen molar-refractivity contribution < 1.29 is 4.99 Å². The number of hydrogen-bond donors (Lipinski definition) is 3. The zero-order chi connectivity index (χ0) is 8.20. The first-order chi connectivity index (χ1) is 4.45. The summed E-state index contributed by atoms with van der Waals surface area (Å²) in [6.07, 6.45) is 1.72. The van der Waals surface area contributed by atoms with Crippen molar-refractivity contribution in [2.45, 2.75) is 26.3 Å². The van der Waals surface area contributed by atoms with E-state index in [9.17, 15) is 0 Å². The minimum atomic E-state index is -0.103. The molecular formula is C6H13N4+. The number of rotatable bonds is 0. The molecule has 0 aromatic rings. The Morgan fingerprint density at radius 3 is 2.40 bits per heavy atom. The van der Waals surface area contributed by atoms with Crippen LogP contribution >= 0.6 is 0 Å². The standard InChI is InChI=1S/C6H12N4/c1-6(2,3)10-5(8)9-4-7/h1-3H3,(H3,8,9,10)/p+1. The summed E-state index contributed by atoms with van der Waals surface area (Å²) in [6, 6.07) is 0. The Labute approximate surface area is 60.7 Å². The van der Waals surface area contributed by atoms with Gasteiger partial charge in [0.05, 0.1) is 5.54 Å². The maximum atomic E-state index is 8.13. The summed E-state index contributed by atoms with van der Waals surface area (Å²) < 4.78 is 0. The van der Waals surface area contributed by atoms with Crippen molar-refractivity contribution in [3.63, 3.8) is 0 Å². The van der Waals surface area contributed by atoms with Crippen LogP contribution in [-0.4, -0.2) is 11.5 Å². The van der Waals surface area contributed by atoms with E-state index in [1.165, 1.54) is 0 Å². The fourth-order valence-corrected chi connectivity index (χ4v) is 0.495. The molecule has 4 heteroatoms. The summed E-state index contributed by atoms with van der Waals surface area (Å²) in [5, 5.41) is 10.4. The van der Waals surface area contributed by atoms with Gasteiger partial charge in [0.1, 0.15) is 0 Å². The molecule has 0 saturated carbocycles. The van der Waals surface area contributed by atoms with Gasteiger partial charge in [-0.2, -0.15) is 10.6 Å². The first-order valence-corrected chi connectivity index (χ1v) is 3.01. The lowest BCUT2D eigenvalue weighted by molar-refractivity contribution is -0.541. The molecule has 0 atom stereocenters. The second kappa shape index (κ2) is 3.06. The third-order valence-corrected chi connectivity index (χ3v) is 0.700. The van der Waals surface area contributed by atoms with E-state index in [0.29, 0.717) is 0 Å². The van der Waals surface area contributed by atoms with E-state index in [1.807, 2.05) is 20.8 Å². The molecule has 0 amide bonds. The molecule has 0 aromatic heterocycles. The molecule has 56 valence electrons. The van der Waals surface area contributed by atoms with Crippen molar-refractivity contribution in [3.8, 4) is 6.19 Å². The number of nitrogens with zero attached hydrogens (tertiary/aromatic N) is 1. The average molecular weight is 141 g/mol. The zero-order valence-electron chi connectivity index (χ0n) is 6.52. The molecule has 0 heterocycles. The lowest BCUT2D eigenvalue weighted by atomic mass is 10.1. The van der Waals surface area contributed by atoms with E-state index >= 15 is 0 Å². The van der Waals surface area contributed by atoms with Gasteiger partial charge < -0.3 is 0 Å². The summed E-state index contributed by atoms with van der Waals surface area (Å²) in [6.45, 7) is 5.87. The van der Waals surface area contributed by atoms with E-state index in [0.717, 1.165) is 0 Å². The molecule has 0 radical (unpaired) electrons. The second-order valence-electron chi connectivity index (χ2n) is 3.03. The highest BCUT2D eigenvalue weighted by Crippen LogP contribution is 1.85. The third kappa shape index (κ3) is 4.91. The van der Waals surface area contributed by atoms with Crippen molar-refractivity contribution in [2.75, 3.05) is 0 Å². The Hall–Kier alpha value is -1.24. The monoisotopic (exact) mass is 141 g/mol. The van der Waals surface area contributed by atoms with Crippen LogP contribution in [0.5, 0.6) is 0 Å². The fourth-order valence-electron chi connectivity index (χ4n) is 0.495. The maximum Gasteiger partial charge on any atom is 0.355 e. The van der Waals surface area contributed by atoms with E-state index in [1.54, 1.807) is 6.19 Å². The van der Waals surface area contributed by atoms with Crippen LogP contribution in [-0.2, 0) is 0 Å². The zero-order valence-corrected chi connectivity index (χ0v) is 6.52. The van der Waals surface area contributed by atoms with Crippen LogP contribution in [0.25, 0.3) is 0 Å². The van der Waals surface area contributed by atoms with E-state index in [4.69, 9.17) is 11.0 Å². The van der Waals surface area contributed by atoms with Crippen molar-refractivity contribution in [1.29, 1.82) is 5.26 Å². The Kier molecular flexibility index (Phi) is 2.68. The molecule has 0 aromatic carbocycles. The lowest BCUT2D eigenvalue weighted by Gasteiger charge is -2.09. The van der Waals surface area contributed by atoms with Gasteiger partial charge in [-0.15, -0.1) is 0 Å². The van der Waals surface area contributed by atoms with Crippen molar-refractivity contribution in [2.24, 2.45) is 5.73 Å². The van der Waals surface area contributed by atoms with Gasteiger partial charge in [0.15, 0.2) is 0 Å². The van der Waals surface area contributed by atoms with Gasteiger partial charge in [0, 0.05) is 0 Å². The SMILES string of the molecule is CC(C)(C)[NH+]=C(N)NC#N. The van der Waals surface area contributed by atoms with Gasteiger partial charge in [-0.1, -0.05) is 0 Å². The molecule has 0 spiro atoms. The molecule has 0 fully saturated rings. The van der Waals surface area contributed by atoms with E-state index in [2.05, 4.69) is 10.3 Å². The maximum absolute atomic E-state index is 8.13. The molecule has 0 rings (SSSR count). The third-order valence-electron chi connectivity index (χ3n) is 0.700. The molecule has 0 aliphatic heterocycles. The first-order valence-electron chi connectivity index (χ1n) is 3.01. The molecule has 0 aliphatic rings. The number of nitriles is 1. The van der Waals surface area contributed by atoms with E-state index in [-0.39, 0.29) is 11.5 Å². The van der Waals surface area contributed by atoms with Crippen LogP contribution in [0.2, 0.25) is 0 Å². The lowest BCUT2D eigenvalue weighted by Crippen LogP contribution is -2.88. The summed E-state index contributed by atoms with van der Waals surface area (Å²) in [7, 11) is 0. The smallest absolute Gasteiger partial charge is 0.290 e.